The van der Waals surface area contributed by atoms with E-state index in [-0.39, 0.29) is 11.9 Å². The van der Waals surface area contributed by atoms with Crippen molar-refractivity contribution in [3.8, 4) is 16.9 Å². The molecule has 2 aromatic carbocycles. The number of carbonyl (C=O) groups is 1. The van der Waals surface area contributed by atoms with E-state index in [0.717, 1.165) is 29.0 Å². The zero-order valence-corrected chi connectivity index (χ0v) is 13.8. The van der Waals surface area contributed by atoms with Gasteiger partial charge >= 0.3 is 0 Å². The van der Waals surface area contributed by atoms with Crippen LogP contribution in [-0.2, 0) is 0 Å². The number of rotatable bonds is 4. The average Bonchev–Trinajstić information content (AvgIpc) is 3.31. The molecule has 2 N–H and O–H groups in total. The minimum atomic E-state index is 0.0936. The number of benzene rings is 2. The molecule has 1 aliphatic carbocycles. The highest BCUT2D eigenvalue weighted by Crippen LogP contribution is 2.49. The van der Waals surface area contributed by atoms with Crippen LogP contribution in [0.3, 0.4) is 0 Å². The Kier molecular flexibility index (Phi) is 3.77. The molecule has 4 nitrogen and oxygen atoms in total. The van der Waals surface area contributed by atoms with Crippen LogP contribution >= 0.6 is 0 Å². The van der Waals surface area contributed by atoms with Gasteiger partial charge in [0.1, 0.15) is 5.75 Å². The standard InChI is InChI=1S/C20H22N2O2/c1-24-15-6-4-5-13(9-15)16-7-2-3-8-17(16)20(23)22-12-14-10-18(14)19(22)11-21/h2-9,14,18-19H,10-12,21H2,1H3/t14-,18-,19-/m1/s1. The van der Waals surface area contributed by atoms with Crippen LogP contribution in [0.5, 0.6) is 5.75 Å². The van der Waals surface area contributed by atoms with Gasteiger partial charge in [-0.2, -0.15) is 0 Å². The van der Waals surface area contributed by atoms with Gasteiger partial charge in [-0.25, -0.2) is 0 Å². The molecule has 2 aromatic rings. The van der Waals surface area contributed by atoms with Crippen molar-refractivity contribution in [1.82, 2.24) is 4.90 Å². The summed E-state index contributed by atoms with van der Waals surface area (Å²) in [5, 5.41) is 0. The van der Waals surface area contributed by atoms with E-state index in [9.17, 15) is 4.79 Å². The first-order chi connectivity index (χ1) is 11.7. The Morgan fingerprint density at radius 3 is 2.88 bits per heavy atom. The van der Waals surface area contributed by atoms with Gasteiger partial charge in [0, 0.05) is 24.7 Å². The summed E-state index contributed by atoms with van der Waals surface area (Å²) in [7, 11) is 1.65. The molecule has 0 unspecified atom stereocenters. The maximum atomic E-state index is 13.2. The Bertz CT molecular complexity index is 774. The summed E-state index contributed by atoms with van der Waals surface area (Å²) in [6, 6.07) is 15.8. The van der Waals surface area contributed by atoms with E-state index in [4.69, 9.17) is 10.5 Å². The molecule has 0 spiro atoms. The van der Waals surface area contributed by atoms with Gasteiger partial charge in [-0.05, 0) is 47.6 Å². The highest BCUT2D eigenvalue weighted by Gasteiger charge is 2.53. The van der Waals surface area contributed by atoms with Crippen LogP contribution in [0.4, 0.5) is 0 Å². The van der Waals surface area contributed by atoms with Crippen molar-refractivity contribution in [2.24, 2.45) is 17.6 Å². The van der Waals surface area contributed by atoms with Crippen molar-refractivity contribution in [1.29, 1.82) is 0 Å². The largest absolute Gasteiger partial charge is 0.497 e. The maximum Gasteiger partial charge on any atom is 0.254 e. The second-order valence-electron chi connectivity index (χ2n) is 6.70. The molecule has 24 heavy (non-hydrogen) atoms. The highest BCUT2D eigenvalue weighted by atomic mass is 16.5. The summed E-state index contributed by atoms with van der Waals surface area (Å²) in [6.07, 6.45) is 1.23. The first kappa shape index (κ1) is 15.2. The zero-order chi connectivity index (χ0) is 16.7. The Morgan fingerprint density at radius 1 is 1.25 bits per heavy atom. The summed E-state index contributed by atoms with van der Waals surface area (Å²) in [6.45, 7) is 1.39. The number of ether oxygens (including phenoxy) is 1. The molecular weight excluding hydrogens is 300 g/mol. The van der Waals surface area contributed by atoms with Gasteiger partial charge in [0.15, 0.2) is 0 Å². The van der Waals surface area contributed by atoms with Crippen molar-refractivity contribution >= 4 is 5.91 Å². The van der Waals surface area contributed by atoms with Crippen LogP contribution in [0.15, 0.2) is 48.5 Å². The van der Waals surface area contributed by atoms with E-state index < -0.39 is 0 Å². The quantitative estimate of drug-likeness (QED) is 0.942. The number of fused-ring (bicyclic) bond motifs is 1. The van der Waals surface area contributed by atoms with Gasteiger partial charge in [0.05, 0.1) is 7.11 Å². The first-order valence-electron chi connectivity index (χ1n) is 8.47. The number of hydrogen-bond donors (Lipinski definition) is 1. The fourth-order valence-corrected chi connectivity index (χ4v) is 3.97. The molecule has 1 amide bonds. The fourth-order valence-electron chi connectivity index (χ4n) is 3.97. The third-order valence-corrected chi connectivity index (χ3v) is 5.34. The lowest BCUT2D eigenvalue weighted by molar-refractivity contribution is 0.0713. The fraction of sp³-hybridized carbons (Fsp3) is 0.350. The molecule has 2 fully saturated rings. The Labute approximate surface area is 142 Å². The van der Waals surface area contributed by atoms with Gasteiger partial charge in [-0.1, -0.05) is 30.3 Å². The molecule has 1 aliphatic heterocycles. The summed E-state index contributed by atoms with van der Waals surface area (Å²) < 4.78 is 5.32. The minimum absolute atomic E-state index is 0.0936. The van der Waals surface area contributed by atoms with Crippen LogP contribution in [0.2, 0.25) is 0 Å². The molecule has 0 radical (unpaired) electrons. The maximum absolute atomic E-state index is 13.2. The second-order valence-corrected chi connectivity index (χ2v) is 6.70. The molecule has 1 saturated heterocycles. The number of likely N-dealkylation sites (tertiary alicyclic amines) is 1. The van der Waals surface area contributed by atoms with E-state index in [0.29, 0.717) is 18.4 Å². The van der Waals surface area contributed by atoms with Gasteiger partial charge in [-0.3, -0.25) is 4.79 Å². The average molecular weight is 322 g/mol. The number of piperidine rings is 1. The smallest absolute Gasteiger partial charge is 0.254 e. The third-order valence-electron chi connectivity index (χ3n) is 5.34. The van der Waals surface area contributed by atoms with E-state index in [1.807, 2.05) is 53.4 Å². The predicted octanol–water partition coefficient (Wildman–Crippen LogP) is 2.78. The highest BCUT2D eigenvalue weighted by molar-refractivity contribution is 6.01. The van der Waals surface area contributed by atoms with Gasteiger partial charge < -0.3 is 15.4 Å². The van der Waals surface area contributed by atoms with Crippen molar-refractivity contribution in [3.63, 3.8) is 0 Å². The molecule has 1 saturated carbocycles. The van der Waals surface area contributed by atoms with E-state index in [2.05, 4.69) is 0 Å². The van der Waals surface area contributed by atoms with Crippen molar-refractivity contribution in [2.45, 2.75) is 12.5 Å². The molecule has 2 aliphatic rings. The third kappa shape index (κ3) is 2.47. The van der Waals surface area contributed by atoms with Gasteiger partial charge in [-0.15, -0.1) is 0 Å². The van der Waals surface area contributed by atoms with Crippen molar-refractivity contribution in [2.75, 3.05) is 20.2 Å². The van der Waals surface area contributed by atoms with E-state index >= 15 is 0 Å². The van der Waals surface area contributed by atoms with Crippen LogP contribution in [0, 0.1) is 11.8 Å². The van der Waals surface area contributed by atoms with Crippen LogP contribution in [-0.4, -0.2) is 37.0 Å². The Morgan fingerprint density at radius 2 is 2.08 bits per heavy atom. The first-order valence-corrected chi connectivity index (χ1v) is 8.47. The molecule has 3 atom stereocenters. The predicted molar refractivity (Wildman–Crippen MR) is 93.9 cm³/mol. The summed E-state index contributed by atoms with van der Waals surface area (Å²) in [5.41, 5.74) is 8.61. The number of carbonyl (C=O) groups excluding carboxylic acids is 1. The number of nitrogens with two attached hydrogens (primary N) is 1. The molecular formula is C20H22N2O2. The van der Waals surface area contributed by atoms with Gasteiger partial charge in [0.2, 0.25) is 0 Å². The second kappa shape index (κ2) is 5.95. The lowest BCUT2D eigenvalue weighted by Gasteiger charge is -2.27. The Balaban J connectivity index is 1.70. The topological polar surface area (TPSA) is 55.6 Å². The van der Waals surface area contributed by atoms with Crippen molar-refractivity contribution < 1.29 is 9.53 Å². The Hall–Kier alpha value is -2.33. The molecule has 4 heteroatoms. The number of amides is 1. The SMILES string of the molecule is COc1cccc(-c2ccccc2C(=O)N2C[C@H]3C[C@H]3[C@H]2CN)c1. The monoisotopic (exact) mass is 322 g/mol. The summed E-state index contributed by atoms with van der Waals surface area (Å²) >= 11 is 0. The zero-order valence-electron chi connectivity index (χ0n) is 13.8. The number of nitrogens with zero attached hydrogens (tertiary/aromatic N) is 1. The molecule has 0 aromatic heterocycles. The van der Waals surface area contributed by atoms with Crippen LogP contribution in [0.1, 0.15) is 16.8 Å². The molecule has 0 bridgehead atoms. The summed E-state index contributed by atoms with van der Waals surface area (Å²) in [5.74, 6) is 2.16. The number of methoxy groups -OCH3 is 1. The lowest BCUT2D eigenvalue weighted by Crippen LogP contribution is -2.42. The molecule has 4 rings (SSSR count). The molecule has 124 valence electrons. The van der Waals surface area contributed by atoms with E-state index in [1.54, 1.807) is 7.11 Å². The molecule has 1 heterocycles. The minimum Gasteiger partial charge on any atom is -0.497 e. The van der Waals surface area contributed by atoms with Crippen LogP contribution in [0.25, 0.3) is 11.1 Å². The van der Waals surface area contributed by atoms with Crippen molar-refractivity contribution in [3.05, 3.63) is 54.1 Å². The van der Waals surface area contributed by atoms with E-state index in [1.165, 1.54) is 6.42 Å². The summed E-state index contributed by atoms with van der Waals surface area (Å²) in [4.78, 5) is 15.2. The lowest BCUT2D eigenvalue weighted by atomic mass is 9.98. The van der Waals surface area contributed by atoms with Crippen LogP contribution < -0.4 is 10.5 Å². The normalized spacial score (nSPS) is 24.6. The number of hydrogen-bond acceptors (Lipinski definition) is 3. The van der Waals surface area contributed by atoms with Gasteiger partial charge in [0.25, 0.3) is 5.91 Å².